The van der Waals surface area contributed by atoms with Gasteiger partial charge in [-0.3, -0.25) is 18.7 Å². The van der Waals surface area contributed by atoms with E-state index < -0.39 is 35.5 Å². The summed E-state index contributed by atoms with van der Waals surface area (Å²) in [4.78, 5) is 38.3. The first-order valence-corrected chi connectivity index (χ1v) is 10.8. The van der Waals surface area contributed by atoms with E-state index in [9.17, 15) is 27.6 Å². The number of carbonyl (C=O) groups excluding carboxylic acids is 1. The molecule has 2 aromatic heterocycles. The lowest BCUT2D eigenvalue weighted by atomic mass is 10.2. The smallest absolute Gasteiger partial charge is 0.406 e. The molecule has 3 rings (SSSR count). The summed E-state index contributed by atoms with van der Waals surface area (Å²) in [5.74, 6) is -0.401. The van der Waals surface area contributed by atoms with Crippen LogP contribution in [0, 0.1) is 12.8 Å². The number of nitrogens with zero attached hydrogens (tertiary/aromatic N) is 2. The molecule has 31 heavy (non-hydrogen) atoms. The molecule has 0 spiro atoms. The van der Waals surface area contributed by atoms with E-state index in [0.29, 0.717) is 21.4 Å². The Kier molecular flexibility index (Phi) is 6.13. The number of hydrogen-bond acceptors (Lipinski definition) is 6. The molecule has 2 heterocycles. The van der Waals surface area contributed by atoms with Crippen molar-refractivity contribution in [1.29, 1.82) is 0 Å². The van der Waals surface area contributed by atoms with Crippen molar-refractivity contribution in [2.75, 3.05) is 6.54 Å². The summed E-state index contributed by atoms with van der Waals surface area (Å²) in [5.41, 5.74) is -1.61. The van der Waals surface area contributed by atoms with Gasteiger partial charge in [0.05, 0.1) is 11.9 Å². The third-order valence-electron chi connectivity index (χ3n) is 5.05. The molecule has 0 saturated heterocycles. The summed E-state index contributed by atoms with van der Waals surface area (Å²) < 4.78 is 46.4. The molecule has 0 unspecified atom stereocenters. The van der Waals surface area contributed by atoms with E-state index in [1.807, 2.05) is 6.92 Å². The van der Waals surface area contributed by atoms with Crippen LogP contribution in [0.2, 0.25) is 0 Å². The van der Waals surface area contributed by atoms with Crippen LogP contribution in [-0.4, -0.2) is 33.4 Å². The molecule has 1 aliphatic carbocycles. The average molecular weight is 462 g/mol. The number of fused-ring (bicyclic) bond motifs is 1. The van der Waals surface area contributed by atoms with Crippen LogP contribution >= 0.6 is 11.3 Å². The Morgan fingerprint density at radius 1 is 1.26 bits per heavy atom. The highest BCUT2D eigenvalue weighted by molar-refractivity contribution is 7.18. The monoisotopic (exact) mass is 461 g/mol. The van der Waals surface area contributed by atoms with E-state index in [2.05, 4.69) is 5.32 Å². The van der Waals surface area contributed by atoms with Gasteiger partial charge in [0, 0.05) is 17.5 Å². The molecule has 2 atom stereocenters. The largest absolute Gasteiger partial charge is 0.459 e. The fourth-order valence-corrected chi connectivity index (χ4v) is 4.77. The molecule has 0 radical (unpaired) electrons. The second-order valence-electron chi connectivity index (χ2n) is 8.96. The second-order valence-corrected chi connectivity index (χ2v) is 10.0. The van der Waals surface area contributed by atoms with Gasteiger partial charge in [0.25, 0.3) is 5.56 Å². The Morgan fingerprint density at radius 2 is 1.87 bits per heavy atom. The van der Waals surface area contributed by atoms with Crippen molar-refractivity contribution in [1.82, 2.24) is 14.5 Å². The molecule has 172 valence electrons. The molecular weight excluding hydrogens is 435 g/mol. The molecule has 1 saturated carbocycles. The van der Waals surface area contributed by atoms with Gasteiger partial charge in [0.1, 0.15) is 17.0 Å². The number of rotatable bonds is 6. The van der Waals surface area contributed by atoms with Gasteiger partial charge >= 0.3 is 17.8 Å². The highest BCUT2D eigenvalue weighted by Crippen LogP contribution is 2.41. The van der Waals surface area contributed by atoms with Crippen molar-refractivity contribution in [3.8, 4) is 0 Å². The maximum absolute atomic E-state index is 13.2. The van der Waals surface area contributed by atoms with E-state index in [0.717, 1.165) is 15.9 Å². The first kappa shape index (κ1) is 23.5. The second kappa shape index (κ2) is 8.09. The number of esters is 1. The Hall–Kier alpha value is -2.14. The molecule has 0 aromatic carbocycles. The van der Waals surface area contributed by atoms with Crippen molar-refractivity contribution in [3.63, 3.8) is 0 Å². The van der Waals surface area contributed by atoms with E-state index in [4.69, 9.17) is 4.74 Å². The maximum Gasteiger partial charge on any atom is 0.406 e. The lowest BCUT2D eigenvalue weighted by Gasteiger charge is -2.19. The topological polar surface area (TPSA) is 82.3 Å². The SMILES string of the molecule is Cc1c(CNCC(=O)OC(C)(C)C)sc2c1c(=O)n([C@H]1C[C@@H]1C)c(=O)n2CC(F)(F)F. The minimum absolute atomic E-state index is 0.00319. The van der Waals surface area contributed by atoms with Gasteiger partial charge in [-0.1, -0.05) is 6.92 Å². The summed E-state index contributed by atoms with van der Waals surface area (Å²) >= 11 is 0.961. The number of halogens is 3. The predicted molar refractivity (Wildman–Crippen MR) is 112 cm³/mol. The van der Waals surface area contributed by atoms with Crippen LogP contribution in [0.1, 0.15) is 50.6 Å². The van der Waals surface area contributed by atoms with Crippen molar-refractivity contribution >= 4 is 27.5 Å². The van der Waals surface area contributed by atoms with Gasteiger partial charge in [0.15, 0.2) is 0 Å². The molecule has 11 heteroatoms. The van der Waals surface area contributed by atoms with Gasteiger partial charge < -0.3 is 10.1 Å². The van der Waals surface area contributed by atoms with Gasteiger partial charge in [-0.25, -0.2) is 4.79 Å². The number of aromatic nitrogens is 2. The van der Waals surface area contributed by atoms with Crippen LogP contribution < -0.4 is 16.6 Å². The highest BCUT2D eigenvalue weighted by atomic mass is 32.1. The predicted octanol–water partition coefficient (Wildman–Crippen LogP) is 3.11. The minimum atomic E-state index is -4.61. The quantitative estimate of drug-likeness (QED) is 0.669. The van der Waals surface area contributed by atoms with Crippen LogP contribution in [0.25, 0.3) is 10.2 Å². The van der Waals surface area contributed by atoms with Crippen LogP contribution in [0.3, 0.4) is 0 Å². The first-order valence-electron chi connectivity index (χ1n) is 9.96. The van der Waals surface area contributed by atoms with Gasteiger partial charge in [-0.2, -0.15) is 13.2 Å². The number of thiophene rings is 1. The molecule has 2 aromatic rings. The Bertz CT molecular complexity index is 1120. The summed E-state index contributed by atoms with van der Waals surface area (Å²) in [5, 5.41) is 3.03. The van der Waals surface area contributed by atoms with Crippen LogP contribution in [0.5, 0.6) is 0 Å². The van der Waals surface area contributed by atoms with Crippen LogP contribution in [-0.2, 0) is 22.6 Å². The maximum atomic E-state index is 13.2. The van der Waals surface area contributed by atoms with Crippen molar-refractivity contribution in [3.05, 3.63) is 31.3 Å². The van der Waals surface area contributed by atoms with Gasteiger partial charge in [-0.15, -0.1) is 11.3 Å². The Labute approximate surface area is 180 Å². The number of alkyl halides is 3. The fraction of sp³-hybridized carbons (Fsp3) is 0.650. The summed E-state index contributed by atoms with van der Waals surface area (Å²) in [6, 6.07) is -0.378. The summed E-state index contributed by atoms with van der Waals surface area (Å²) in [6.45, 7) is 7.32. The molecule has 1 aliphatic rings. The van der Waals surface area contributed by atoms with Gasteiger partial charge in [-0.05, 0) is 45.6 Å². The zero-order valence-corrected chi connectivity index (χ0v) is 18.9. The summed E-state index contributed by atoms with van der Waals surface area (Å²) in [7, 11) is 0. The zero-order chi connectivity index (χ0) is 23.3. The minimum Gasteiger partial charge on any atom is -0.459 e. The molecule has 1 fully saturated rings. The van der Waals surface area contributed by atoms with Crippen LogP contribution in [0.15, 0.2) is 9.59 Å². The number of hydrogen-bond donors (Lipinski definition) is 1. The lowest BCUT2D eigenvalue weighted by molar-refractivity contribution is -0.153. The lowest BCUT2D eigenvalue weighted by Crippen LogP contribution is -2.41. The molecule has 1 N–H and O–H groups in total. The van der Waals surface area contributed by atoms with E-state index in [1.54, 1.807) is 27.7 Å². The third kappa shape index (κ3) is 5.20. The van der Waals surface area contributed by atoms with Crippen molar-refractivity contribution in [2.24, 2.45) is 5.92 Å². The van der Waals surface area contributed by atoms with Crippen molar-refractivity contribution in [2.45, 2.75) is 71.9 Å². The third-order valence-corrected chi connectivity index (χ3v) is 6.37. The summed E-state index contributed by atoms with van der Waals surface area (Å²) in [6.07, 6.45) is -4.03. The molecular formula is C20H26F3N3O4S. The van der Waals surface area contributed by atoms with E-state index in [-0.39, 0.29) is 35.3 Å². The zero-order valence-electron chi connectivity index (χ0n) is 18.1. The average Bonchev–Trinajstić information content (AvgIpc) is 3.20. The normalized spacial score (nSPS) is 19.1. The standard InChI is InChI=1S/C20H26F3N3O4S/c1-10-6-12(10)26-16(28)15-11(2)13(7-24-8-14(27)30-19(3,4)5)31-17(15)25(18(26)29)9-20(21,22)23/h10,12,24H,6-9H2,1-5H3/t10-,12-/m0/s1. The first-order chi connectivity index (χ1) is 14.2. The molecule has 0 bridgehead atoms. The number of nitrogens with one attached hydrogen (secondary N) is 1. The molecule has 7 nitrogen and oxygen atoms in total. The molecule has 0 aliphatic heterocycles. The van der Waals surface area contributed by atoms with E-state index >= 15 is 0 Å². The van der Waals surface area contributed by atoms with Crippen molar-refractivity contribution < 1.29 is 22.7 Å². The Morgan fingerprint density at radius 3 is 2.39 bits per heavy atom. The van der Waals surface area contributed by atoms with Gasteiger partial charge in [0.2, 0.25) is 0 Å². The molecule has 0 amide bonds. The van der Waals surface area contributed by atoms with Crippen LogP contribution in [0.4, 0.5) is 13.2 Å². The fourth-order valence-electron chi connectivity index (χ4n) is 3.51. The number of carbonyl (C=O) groups is 1. The number of ether oxygens (including phenoxy) is 1. The highest BCUT2D eigenvalue weighted by Gasteiger charge is 2.39. The Balaban J connectivity index is 1.99. The number of aryl methyl sites for hydroxylation is 1. The van der Waals surface area contributed by atoms with E-state index in [1.165, 1.54) is 0 Å².